The Hall–Kier alpha value is -1.41. The number of benzene rings is 1. The van der Waals surface area contributed by atoms with E-state index < -0.39 is 0 Å². The van der Waals surface area contributed by atoms with E-state index in [0.29, 0.717) is 0 Å². The Balaban J connectivity index is 2.48. The monoisotopic (exact) mass is 215 g/mol. The number of thiol groups is 1. The Kier molecular flexibility index (Phi) is 2.97. The largest absolute Gasteiger partial charge is 0.288 e. The first-order valence-electron chi connectivity index (χ1n) is 4.88. The van der Waals surface area contributed by atoms with Crippen LogP contribution >= 0.6 is 12.8 Å². The molecule has 0 atom stereocenters. The highest BCUT2D eigenvalue weighted by Gasteiger charge is 2.08. The van der Waals surface area contributed by atoms with Crippen LogP contribution in [0.4, 0.5) is 5.69 Å². The molecule has 2 rings (SSSR count). The third-order valence-corrected chi connectivity index (χ3v) is 2.84. The van der Waals surface area contributed by atoms with Gasteiger partial charge in [0.05, 0.1) is 5.69 Å². The maximum Gasteiger partial charge on any atom is 0.0557 e. The molecule has 1 heterocycles. The number of anilines is 1. The topological polar surface area (TPSA) is 3.24 Å². The Morgan fingerprint density at radius 1 is 1.20 bits per heavy atom. The van der Waals surface area contributed by atoms with Crippen molar-refractivity contribution in [3.63, 3.8) is 0 Å². The molecule has 76 valence electrons. The van der Waals surface area contributed by atoms with Crippen molar-refractivity contribution in [2.24, 2.45) is 0 Å². The fourth-order valence-electron chi connectivity index (χ4n) is 1.56. The van der Waals surface area contributed by atoms with Crippen molar-refractivity contribution in [2.45, 2.75) is 6.42 Å². The average Bonchev–Trinajstić information content (AvgIpc) is 2.33. The first-order valence-corrected chi connectivity index (χ1v) is 5.28. The van der Waals surface area contributed by atoms with Gasteiger partial charge in [-0.2, -0.15) is 0 Å². The number of rotatable bonds is 0. The molecule has 1 aromatic carbocycles. The summed E-state index contributed by atoms with van der Waals surface area (Å²) in [5, 5.41) is 0. The number of para-hydroxylation sites is 1. The van der Waals surface area contributed by atoms with Crippen molar-refractivity contribution in [3.8, 4) is 0 Å². The molecule has 0 bridgehead atoms. The zero-order valence-corrected chi connectivity index (χ0v) is 9.32. The highest BCUT2D eigenvalue weighted by atomic mass is 32.1. The van der Waals surface area contributed by atoms with Crippen molar-refractivity contribution >= 4 is 18.5 Å². The lowest BCUT2D eigenvalue weighted by molar-refractivity contribution is 1.23. The van der Waals surface area contributed by atoms with E-state index in [2.05, 4.69) is 37.6 Å². The Labute approximate surface area is 96.0 Å². The molecule has 1 aromatic rings. The second kappa shape index (κ2) is 4.41. The minimum absolute atomic E-state index is 0.873. The molecule has 0 unspecified atom stereocenters. The molecule has 15 heavy (non-hydrogen) atoms. The fraction of sp³-hybridized carbons (Fsp3) is 0.0769. The number of nitrogens with zero attached hydrogens (tertiary/aromatic N) is 1. The van der Waals surface area contributed by atoms with Gasteiger partial charge in [-0.25, -0.2) is 0 Å². The summed E-state index contributed by atoms with van der Waals surface area (Å²) in [7, 11) is 0. The van der Waals surface area contributed by atoms with Gasteiger partial charge >= 0.3 is 0 Å². The standard InChI is InChI=1S/C13H13NS/c1-11-7-3-2-4-8-12-9-5-6-10-13(12)14(11)15/h2-7,9-10,15H,1,8H2/b4-2-,7-3-. The number of allylic oxidation sites excluding steroid dienone is 4. The second-order valence-corrected chi connectivity index (χ2v) is 3.82. The van der Waals surface area contributed by atoms with Gasteiger partial charge in [-0.1, -0.05) is 55.8 Å². The first kappa shape index (κ1) is 10.1. The Bertz CT molecular complexity index is 432. The van der Waals surface area contributed by atoms with Gasteiger partial charge in [0.2, 0.25) is 0 Å². The second-order valence-electron chi connectivity index (χ2n) is 3.42. The lowest BCUT2D eigenvalue weighted by atomic mass is 10.1. The molecule has 1 aliphatic rings. The van der Waals surface area contributed by atoms with Crippen molar-refractivity contribution in [3.05, 3.63) is 66.4 Å². The van der Waals surface area contributed by atoms with Crippen LogP contribution in [0.15, 0.2) is 60.8 Å². The van der Waals surface area contributed by atoms with Crippen molar-refractivity contribution < 1.29 is 0 Å². The third-order valence-electron chi connectivity index (χ3n) is 2.37. The minimum Gasteiger partial charge on any atom is -0.288 e. The van der Waals surface area contributed by atoms with Crippen LogP contribution in [0.2, 0.25) is 0 Å². The van der Waals surface area contributed by atoms with Crippen LogP contribution in [0.5, 0.6) is 0 Å². The van der Waals surface area contributed by atoms with Crippen LogP contribution < -0.4 is 4.31 Å². The molecule has 2 heteroatoms. The first-order chi connectivity index (χ1) is 7.29. The van der Waals surface area contributed by atoms with Crippen molar-refractivity contribution in [2.75, 3.05) is 4.31 Å². The van der Waals surface area contributed by atoms with Gasteiger partial charge in [-0.15, -0.1) is 0 Å². The van der Waals surface area contributed by atoms with Gasteiger partial charge < -0.3 is 0 Å². The molecule has 0 saturated carbocycles. The molecule has 0 amide bonds. The predicted molar refractivity (Wildman–Crippen MR) is 69.0 cm³/mol. The number of hydrogen-bond acceptors (Lipinski definition) is 2. The molecular formula is C13H13NS. The van der Waals surface area contributed by atoms with Crippen LogP contribution in [-0.2, 0) is 6.42 Å². The summed E-state index contributed by atoms with van der Waals surface area (Å²) in [6.45, 7) is 3.97. The predicted octanol–water partition coefficient (Wildman–Crippen LogP) is 3.52. The Morgan fingerprint density at radius 2 is 2.00 bits per heavy atom. The smallest absolute Gasteiger partial charge is 0.0557 e. The summed E-state index contributed by atoms with van der Waals surface area (Å²) >= 11 is 4.45. The maximum absolute atomic E-state index is 4.45. The lowest BCUT2D eigenvalue weighted by Gasteiger charge is -2.20. The Morgan fingerprint density at radius 3 is 2.87 bits per heavy atom. The summed E-state index contributed by atoms with van der Waals surface area (Å²) in [4.78, 5) is 0. The molecule has 0 spiro atoms. The fourth-order valence-corrected chi connectivity index (χ4v) is 1.82. The zero-order valence-electron chi connectivity index (χ0n) is 8.43. The molecular weight excluding hydrogens is 202 g/mol. The SMILES string of the molecule is C=C1/C=C\C=C/Cc2ccccc2N1S. The molecule has 0 radical (unpaired) electrons. The van der Waals surface area contributed by atoms with Crippen LogP contribution in [0.25, 0.3) is 0 Å². The van der Waals surface area contributed by atoms with Crippen molar-refractivity contribution in [1.82, 2.24) is 0 Å². The van der Waals surface area contributed by atoms with E-state index in [0.717, 1.165) is 17.8 Å². The third kappa shape index (κ3) is 2.16. The van der Waals surface area contributed by atoms with Gasteiger partial charge in [0.15, 0.2) is 0 Å². The summed E-state index contributed by atoms with van der Waals surface area (Å²) in [6, 6.07) is 8.23. The molecule has 1 nitrogen and oxygen atoms in total. The number of fused-ring (bicyclic) bond motifs is 1. The molecule has 0 aliphatic carbocycles. The van der Waals surface area contributed by atoms with E-state index >= 15 is 0 Å². The van der Waals surface area contributed by atoms with E-state index in [1.807, 2.05) is 34.7 Å². The highest BCUT2D eigenvalue weighted by molar-refractivity contribution is 7.82. The van der Waals surface area contributed by atoms with E-state index in [1.54, 1.807) is 0 Å². The van der Waals surface area contributed by atoms with E-state index in [9.17, 15) is 0 Å². The molecule has 0 saturated heterocycles. The van der Waals surface area contributed by atoms with Crippen LogP contribution in [0.1, 0.15) is 5.56 Å². The summed E-state index contributed by atoms with van der Waals surface area (Å²) < 4.78 is 1.82. The summed E-state index contributed by atoms with van der Waals surface area (Å²) in [5.74, 6) is 0. The van der Waals surface area contributed by atoms with E-state index in [1.165, 1.54) is 5.56 Å². The normalized spacial score (nSPS) is 19.8. The average molecular weight is 215 g/mol. The van der Waals surface area contributed by atoms with Crippen molar-refractivity contribution in [1.29, 1.82) is 0 Å². The van der Waals surface area contributed by atoms with Gasteiger partial charge in [-0.05, 0) is 24.1 Å². The van der Waals surface area contributed by atoms with Crippen LogP contribution in [-0.4, -0.2) is 0 Å². The number of hydrogen-bond donors (Lipinski definition) is 1. The zero-order chi connectivity index (χ0) is 10.7. The highest BCUT2D eigenvalue weighted by Crippen LogP contribution is 2.27. The molecule has 0 N–H and O–H groups in total. The quantitative estimate of drug-likeness (QED) is 0.648. The van der Waals surface area contributed by atoms with Gasteiger partial charge in [-0.3, -0.25) is 4.31 Å². The summed E-state index contributed by atoms with van der Waals surface area (Å²) in [6.07, 6.45) is 9.03. The maximum atomic E-state index is 4.45. The molecule has 1 aliphatic heterocycles. The molecule has 0 fully saturated rings. The van der Waals surface area contributed by atoms with Gasteiger partial charge in [0.1, 0.15) is 0 Å². The van der Waals surface area contributed by atoms with Crippen LogP contribution in [0, 0.1) is 0 Å². The van der Waals surface area contributed by atoms with Gasteiger partial charge in [0.25, 0.3) is 0 Å². The minimum atomic E-state index is 0.873. The van der Waals surface area contributed by atoms with Gasteiger partial charge in [0, 0.05) is 5.70 Å². The van der Waals surface area contributed by atoms with Crippen LogP contribution in [0.3, 0.4) is 0 Å². The molecule has 0 aromatic heterocycles. The lowest BCUT2D eigenvalue weighted by Crippen LogP contribution is -2.08. The summed E-state index contributed by atoms with van der Waals surface area (Å²) in [5.41, 5.74) is 3.23. The van der Waals surface area contributed by atoms with E-state index in [4.69, 9.17) is 0 Å². The van der Waals surface area contributed by atoms with E-state index in [-0.39, 0.29) is 0 Å².